The van der Waals surface area contributed by atoms with Gasteiger partial charge in [-0.1, -0.05) is 30.3 Å². The van der Waals surface area contributed by atoms with E-state index in [0.717, 1.165) is 5.56 Å². The molecule has 23 heavy (non-hydrogen) atoms. The number of carbonyl (C=O) groups is 2. The Morgan fingerprint density at radius 1 is 1.35 bits per heavy atom. The maximum Gasteiger partial charge on any atom is 0.243 e. The first-order chi connectivity index (χ1) is 11.1. The highest BCUT2D eigenvalue weighted by molar-refractivity contribution is 5.78. The van der Waals surface area contributed by atoms with Crippen molar-refractivity contribution in [3.05, 3.63) is 30.3 Å². The summed E-state index contributed by atoms with van der Waals surface area (Å²) in [6.45, 7) is 0.540. The van der Waals surface area contributed by atoms with Gasteiger partial charge in [0, 0.05) is 31.6 Å². The van der Waals surface area contributed by atoms with E-state index in [1.165, 1.54) is 4.80 Å². The standard InChI is InChI=1S/C15H18N6O2/c1-20-9-12(7-8-14(20)23)16-13(22)10-21-18-15(17-19-21)11-5-3-2-4-6-11/h2-6,12H,7-10H2,1H3,(H,16,22). The molecule has 8 nitrogen and oxygen atoms in total. The van der Waals surface area contributed by atoms with Crippen molar-refractivity contribution in [1.82, 2.24) is 30.4 Å². The highest BCUT2D eigenvalue weighted by Crippen LogP contribution is 2.12. The van der Waals surface area contributed by atoms with Gasteiger partial charge in [0.2, 0.25) is 17.6 Å². The van der Waals surface area contributed by atoms with Crippen LogP contribution >= 0.6 is 0 Å². The normalized spacial score (nSPS) is 18.0. The molecule has 1 saturated heterocycles. The molecule has 0 saturated carbocycles. The summed E-state index contributed by atoms with van der Waals surface area (Å²) < 4.78 is 0. The van der Waals surface area contributed by atoms with Gasteiger partial charge in [0.1, 0.15) is 6.54 Å². The Kier molecular flexibility index (Phi) is 4.31. The lowest BCUT2D eigenvalue weighted by molar-refractivity contribution is -0.134. The zero-order valence-electron chi connectivity index (χ0n) is 12.8. The Hall–Kier alpha value is -2.77. The molecule has 2 heterocycles. The summed E-state index contributed by atoms with van der Waals surface area (Å²) in [5.74, 6) is 0.414. The molecule has 2 aromatic rings. The summed E-state index contributed by atoms with van der Waals surface area (Å²) >= 11 is 0. The average molecular weight is 314 g/mol. The minimum absolute atomic E-state index is 0.00793. The van der Waals surface area contributed by atoms with Crippen LogP contribution in [-0.2, 0) is 16.1 Å². The molecule has 1 aliphatic heterocycles. The molecule has 1 aliphatic rings. The molecule has 0 bridgehead atoms. The number of rotatable bonds is 4. The largest absolute Gasteiger partial charge is 0.350 e. The Balaban J connectivity index is 1.56. The lowest BCUT2D eigenvalue weighted by atomic mass is 10.1. The van der Waals surface area contributed by atoms with Crippen LogP contribution in [0.25, 0.3) is 11.4 Å². The number of amides is 2. The number of aromatic nitrogens is 4. The van der Waals surface area contributed by atoms with Crippen molar-refractivity contribution in [3.8, 4) is 11.4 Å². The third-order valence-corrected chi connectivity index (χ3v) is 3.76. The number of carbonyl (C=O) groups excluding carboxylic acids is 2. The monoisotopic (exact) mass is 314 g/mol. The van der Waals surface area contributed by atoms with Crippen molar-refractivity contribution in [2.24, 2.45) is 0 Å². The van der Waals surface area contributed by atoms with Gasteiger partial charge in [-0.15, -0.1) is 10.2 Å². The Bertz CT molecular complexity index is 699. The third kappa shape index (κ3) is 3.71. The minimum Gasteiger partial charge on any atom is -0.350 e. The first-order valence-corrected chi connectivity index (χ1v) is 7.48. The van der Waals surface area contributed by atoms with Gasteiger partial charge < -0.3 is 10.2 Å². The predicted octanol–water partition coefficient (Wildman–Crippen LogP) is 0.0771. The van der Waals surface area contributed by atoms with Gasteiger partial charge in [-0.05, 0) is 11.6 Å². The number of nitrogens with one attached hydrogen (secondary N) is 1. The van der Waals surface area contributed by atoms with Gasteiger partial charge in [0.05, 0.1) is 0 Å². The SMILES string of the molecule is CN1CC(NC(=O)Cn2nnc(-c3ccccc3)n2)CCC1=O. The smallest absolute Gasteiger partial charge is 0.243 e. The number of likely N-dealkylation sites (N-methyl/N-ethyl adjacent to an activating group) is 1. The minimum atomic E-state index is -0.185. The summed E-state index contributed by atoms with van der Waals surface area (Å²) in [7, 11) is 1.74. The number of benzene rings is 1. The summed E-state index contributed by atoms with van der Waals surface area (Å²) in [5.41, 5.74) is 0.853. The fourth-order valence-corrected chi connectivity index (χ4v) is 2.54. The van der Waals surface area contributed by atoms with Crippen LogP contribution in [0.2, 0.25) is 0 Å². The summed E-state index contributed by atoms with van der Waals surface area (Å²) in [6.07, 6.45) is 1.12. The highest BCUT2D eigenvalue weighted by Gasteiger charge is 2.24. The van der Waals surface area contributed by atoms with Crippen LogP contribution < -0.4 is 5.32 Å². The number of tetrazole rings is 1. The highest BCUT2D eigenvalue weighted by atomic mass is 16.2. The van der Waals surface area contributed by atoms with Gasteiger partial charge in [-0.2, -0.15) is 4.80 Å². The Morgan fingerprint density at radius 2 is 2.13 bits per heavy atom. The maximum absolute atomic E-state index is 12.1. The zero-order valence-corrected chi connectivity index (χ0v) is 12.8. The van der Waals surface area contributed by atoms with Gasteiger partial charge in [0.25, 0.3) is 0 Å². The third-order valence-electron chi connectivity index (χ3n) is 3.76. The second-order valence-corrected chi connectivity index (χ2v) is 5.59. The van der Waals surface area contributed by atoms with E-state index in [-0.39, 0.29) is 24.4 Å². The molecule has 0 spiro atoms. The first-order valence-electron chi connectivity index (χ1n) is 7.48. The van der Waals surface area contributed by atoms with E-state index in [1.54, 1.807) is 11.9 Å². The number of hydrogen-bond acceptors (Lipinski definition) is 5. The van der Waals surface area contributed by atoms with Crippen molar-refractivity contribution in [2.45, 2.75) is 25.4 Å². The molecule has 2 amide bonds. The van der Waals surface area contributed by atoms with E-state index in [0.29, 0.717) is 25.2 Å². The van der Waals surface area contributed by atoms with Crippen LogP contribution in [0.4, 0.5) is 0 Å². The number of hydrogen-bond donors (Lipinski definition) is 1. The number of nitrogens with zero attached hydrogens (tertiary/aromatic N) is 5. The van der Waals surface area contributed by atoms with Crippen LogP contribution in [0, 0.1) is 0 Å². The fraction of sp³-hybridized carbons (Fsp3) is 0.400. The molecule has 3 rings (SSSR count). The molecule has 1 atom stereocenters. The van der Waals surface area contributed by atoms with E-state index in [2.05, 4.69) is 20.7 Å². The van der Waals surface area contributed by atoms with Gasteiger partial charge in [-0.25, -0.2) is 0 Å². The van der Waals surface area contributed by atoms with E-state index in [1.807, 2.05) is 30.3 Å². The zero-order chi connectivity index (χ0) is 16.2. The van der Waals surface area contributed by atoms with Crippen LogP contribution in [-0.4, -0.2) is 56.6 Å². The Labute approximate surface area is 133 Å². The lowest BCUT2D eigenvalue weighted by Crippen LogP contribution is -2.49. The average Bonchev–Trinajstić information content (AvgIpc) is 3.00. The second kappa shape index (κ2) is 6.55. The summed E-state index contributed by atoms with van der Waals surface area (Å²) in [6, 6.07) is 9.44. The molecule has 1 fully saturated rings. The molecule has 1 unspecified atom stereocenters. The van der Waals surface area contributed by atoms with Crippen LogP contribution in [0.15, 0.2) is 30.3 Å². The van der Waals surface area contributed by atoms with Gasteiger partial charge in [0.15, 0.2) is 0 Å². The van der Waals surface area contributed by atoms with Gasteiger partial charge >= 0.3 is 0 Å². The van der Waals surface area contributed by atoms with E-state index in [4.69, 9.17) is 0 Å². The molecular weight excluding hydrogens is 296 g/mol. The predicted molar refractivity (Wildman–Crippen MR) is 82.1 cm³/mol. The number of likely N-dealkylation sites (tertiary alicyclic amines) is 1. The molecule has 0 aliphatic carbocycles. The van der Waals surface area contributed by atoms with E-state index in [9.17, 15) is 9.59 Å². The first kappa shape index (κ1) is 15.1. The maximum atomic E-state index is 12.1. The molecule has 120 valence electrons. The summed E-state index contributed by atoms with van der Waals surface area (Å²) in [4.78, 5) is 26.4. The molecular formula is C15H18N6O2. The molecule has 1 N–H and O–H groups in total. The van der Waals surface area contributed by atoms with Crippen LogP contribution in [0.1, 0.15) is 12.8 Å². The summed E-state index contributed by atoms with van der Waals surface area (Å²) in [5, 5.41) is 15.0. The van der Waals surface area contributed by atoms with Crippen molar-refractivity contribution < 1.29 is 9.59 Å². The number of piperidine rings is 1. The topological polar surface area (TPSA) is 93.0 Å². The molecule has 1 aromatic carbocycles. The van der Waals surface area contributed by atoms with Crippen molar-refractivity contribution in [2.75, 3.05) is 13.6 Å². The lowest BCUT2D eigenvalue weighted by Gasteiger charge is -2.30. The van der Waals surface area contributed by atoms with E-state index < -0.39 is 0 Å². The Morgan fingerprint density at radius 3 is 2.87 bits per heavy atom. The molecule has 0 radical (unpaired) electrons. The van der Waals surface area contributed by atoms with Crippen LogP contribution in [0.3, 0.4) is 0 Å². The second-order valence-electron chi connectivity index (χ2n) is 5.59. The molecule has 8 heteroatoms. The van der Waals surface area contributed by atoms with Gasteiger partial charge in [-0.3, -0.25) is 9.59 Å². The molecule has 1 aromatic heterocycles. The van der Waals surface area contributed by atoms with Crippen molar-refractivity contribution in [3.63, 3.8) is 0 Å². The van der Waals surface area contributed by atoms with Crippen molar-refractivity contribution in [1.29, 1.82) is 0 Å². The fourth-order valence-electron chi connectivity index (χ4n) is 2.54. The van der Waals surface area contributed by atoms with E-state index >= 15 is 0 Å². The van der Waals surface area contributed by atoms with Crippen LogP contribution in [0.5, 0.6) is 0 Å². The quantitative estimate of drug-likeness (QED) is 0.862. The van der Waals surface area contributed by atoms with Crippen molar-refractivity contribution >= 4 is 11.8 Å².